The van der Waals surface area contributed by atoms with Crippen LogP contribution < -0.4 is 10.1 Å². The van der Waals surface area contributed by atoms with Gasteiger partial charge in [0, 0.05) is 44.8 Å². The summed E-state index contributed by atoms with van der Waals surface area (Å²) >= 11 is 2.09. The van der Waals surface area contributed by atoms with Gasteiger partial charge in [0.2, 0.25) is 5.91 Å². The number of para-hydroxylation sites is 1. The lowest BCUT2D eigenvalue weighted by atomic mass is 9.81. The molecule has 0 bridgehead atoms. The monoisotopic (exact) mass is 1040 g/mol. The Bertz CT molecular complexity index is 3020. The maximum atomic E-state index is 11.1. The second-order valence-corrected chi connectivity index (χ2v) is 20.5. The molecule has 6 aromatic carbocycles. The van der Waals surface area contributed by atoms with Gasteiger partial charge < -0.3 is 29.0 Å². The summed E-state index contributed by atoms with van der Waals surface area (Å²) in [6.07, 6.45) is 13.4. The topological polar surface area (TPSA) is 92.3 Å². The molecule has 5 aliphatic carbocycles. The van der Waals surface area contributed by atoms with Gasteiger partial charge in [-0.2, -0.15) is 11.8 Å². The third-order valence-corrected chi connectivity index (χ3v) is 15.4. The SMILES string of the molecule is C=C(C)C(=O)OCCOC1Cc2ccccc21.C=Cc1ccc2c(c1)C(OC)C2OC.C=Cc1ccc2c(c1)C(Oc1ccccc1)C2.C=Cc1ccc2c(c1)CC2NC(C)=O.C=Cc1ccc2c(c1)CC2SCCC. The average molecular weight is 1040 g/mol. The van der Waals surface area contributed by atoms with Crippen molar-refractivity contribution in [1.29, 1.82) is 0 Å². The van der Waals surface area contributed by atoms with Gasteiger partial charge in [-0.1, -0.05) is 167 Å². The van der Waals surface area contributed by atoms with Gasteiger partial charge in [-0.05, 0) is 134 Å². The van der Waals surface area contributed by atoms with Gasteiger partial charge >= 0.3 is 5.97 Å². The molecule has 0 radical (unpaired) electrons. The zero-order valence-electron chi connectivity index (χ0n) is 44.9. The lowest BCUT2D eigenvalue weighted by molar-refractivity contribution is -0.141. The molecule has 6 atom stereocenters. The van der Waals surface area contributed by atoms with Crippen molar-refractivity contribution in [2.75, 3.05) is 33.2 Å². The fourth-order valence-corrected chi connectivity index (χ4v) is 10.8. The van der Waals surface area contributed by atoms with E-state index in [0.717, 1.165) is 47.0 Å². The van der Waals surface area contributed by atoms with Crippen molar-refractivity contribution in [2.45, 2.75) is 88.6 Å². The quantitative estimate of drug-likeness (QED) is 0.0549. The predicted octanol–water partition coefficient (Wildman–Crippen LogP) is 15.3. The average Bonchev–Trinajstić information content (AvgIpc) is 3.42. The van der Waals surface area contributed by atoms with E-state index in [-0.39, 0.29) is 48.9 Å². The zero-order chi connectivity index (χ0) is 54.1. The zero-order valence-corrected chi connectivity index (χ0v) is 45.7. The predicted molar refractivity (Wildman–Crippen MR) is 313 cm³/mol. The van der Waals surface area contributed by atoms with Crippen LogP contribution in [0.15, 0.2) is 166 Å². The lowest BCUT2D eigenvalue weighted by Crippen LogP contribution is -2.34. The summed E-state index contributed by atoms with van der Waals surface area (Å²) in [4.78, 5) is 21.9. The Kier molecular flexibility index (Phi) is 20.7. The first-order valence-electron chi connectivity index (χ1n) is 26.1. The number of nitrogens with one attached hydrogen (secondary N) is 1. The van der Waals surface area contributed by atoms with Crippen molar-refractivity contribution < 1.29 is 33.3 Å². The van der Waals surface area contributed by atoms with E-state index in [9.17, 15) is 9.59 Å². The Morgan fingerprint density at radius 1 is 0.579 bits per heavy atom. The standard InChI is InChI=1S/C16H14O.C14H16O3.C13H16S.C12H13NO.C12H14O2/c1-2-12-8-9-13-11-16(15(13)10-12)17-14-6-4-3-5-7-14;1-10(2)14(15)17-8-7-16-13-9-11-5-3-4-6-12(11)13;1-3-7-14-13-9-11-8-10(4-2)5-6-12(11)13;1-3-9-4-5-11-10(6-9)7-12(11)13-8(2)14;1-4-8-5-6-9-10(7-8)12(14-3)11(9)13-2/h2-10,16H,1,11H2;3-6,13H,1,7-9H2,2H3;4-6,8,13H,2-3,7,9H2,1H3;3-6,12H,1,7H2,2H3,(H,13,14);4-7,11-12H,1H2,2-3H3. The lowest BCUT2D eigenvalue weighted by Gasteiger charge is -2.37. The fourth-order valence-electron chi connectivity index (χ4n) is 9.61. The van der Waals surface area contributed by atoms with Gasteiger partial charge in [-0.3, -0.25) is 4.79 Å². The first-order valence-corrected chi connectivity index (χ1v) is 27.2. The van der Waals surface area contributed by atoms with E-state index in [4.69, 9.17) is 23.7 Å². The molecule has 8 nitrogen and oxygen atoms in total. The van der Waals surface area contributed by atoms with Crippen LogP contribution in [-0.2, 0) is 54.2 Å². The first kappa shape index (κ1) is 56.7. The molecule has 0 saturated carbocycles. The number of hydrogen-bond donors (Lipinski definition) is 1. The highest BCUT2D eigenvalue weighted by Crippen LogP contribution is 2.48. The maximum Gasteiger partial charge on any atom is 0.333 e. The van der Waals surface area contributed by atoms with E-state index in [2.05, 4.69) is 130 Å². The van der Waals surface area contributed by atoms with Gasteiger partial charge in [-0.25, -0.2) is 4.79 Å². The molecule has 76 heavy (non-hydrogen) atoms. The number of carbonyl (C=O) groups is 2. The van der Waals surface area contributed by atoms with E-state index in [0.29, 0.717) is 12.2 Å². The highest BCUT2D eigenvalue weighted by atomic mass is 32.2. The molecule has 6 unspecified atom stereocenters. The van der Waals surface area contributed by atoms with Crippen molar-refractivity contribution in [3.63, 3.8) is 0 Å². The summed E-state index contributed by atoms with van der Waals surface area (Å²) in [6.45, 7) is 24.7. The number of thioether (sulfide) groups is 1. The Morgan fingerprint density at radius 2 is 1.13 bits per heavy atom. The van der Waals surface area contributed by atoms with Gasteiger partial charge in [0.15, 0.2) is 0 Å². The number of benzene rings is 6. The molecule has 0 spiro atoms. The van der Waals surface area contributed by atoms with Crippen LogP contribution in [0.1, 0.15) is 141 Å². The molecule has 5 aliphatic rings. The molecule has 11 rings (SSSR count). The van der Waals surface area contributed by atoms with Crippen LogP contribution in [0, 0.1) is 0 Å². The Morgan fingerprint density at radius 3 is 1.72 bits per heavy atom. The maximum absolute atomic E-state index is 11.1. The van der Waals surface area contributed by atoms with E-state index >= 15 is 0 Å². The normalized spacial score (nSPS) is 18.6. The van der Waals surface area contributed by atoms with Crippen LogP contribution in [0.5, 0.6) is 5.75 Å². The first-order chi connectivity index (χ1) is 36.9. The number of ether oxygens (including phenoxy) is 5. The summed E-state index contributed by atoms with van der Waals surface area (Å²) in [6, 6.07) is 44.0. The van der Waals surface area contributed by atoms with Crippen LogP contribution in [0.4, 0.5) is 0 Å². The highest BCUT2D eigenvalue weighted by molar-refractivity contribution is 7.99. The molecule has 0 heterocycles. The number of amides is 1. The molecule has 1 amide bonds. The minimum absolute atomic E-state index is 0.0356. The van der Waals surface area contributed by atoms with Crippen molar-refractivity contribution in [1.82, 2.24) is 5.32 Å². The molecule has 9 heteroatoms. The highest BCUT2D eigenvalue weighted by Gasteiger charge is 2.38. The van der Waals surface area contributed by atoms with Crippen molar-refractivity contribution in [3.8, 4) is 5.75 Å². The summed E-state index contributed by atoms with van der Waals surface area (Å²) in [5.74, 6) is 1.90. The number of carbonyl (C=O) groups excluding carboxylic acids is 2. The largest absolute Gasteiger partial charge is 0.485 e. The summed E-state index contributed by atoms with van der Waals surface area (Å²) in [7, 11) is 3.42. The van der Waals surface area contributed by atoms with E-state index in [1.807, 2.05) is 78.9 Å². The molecular formula is C67H73NO7S. The van der Waals surface area contributed by atoms with Crippen LogP contribution in [0.25, 0.3) is 24.3 Å². The van der Waals surface area contributed by atoms with Crippen LogP contribution in [0.3, 0.4) is 0 Å². The van der Waals surface area contributed by atoms with Crippen molar-refractivity contribution >= 4 is 47.9 Å². The van der Waals surface area contributed by atoms with Crippen LogP contribution in [-0.4, -0.2) is 45.1 Å². The van der Waals surface area contributed by atoms with Gasteiger partial charge in [0.05, 0.1) is 18.8 Å². The molecule has 0 aliphatic heterocycles. The molecule has 394 valence electrons. The van der Waals surface area contributed by atoms with Gasteiger partial charge in [0.25, 0.3) is 0 Å². The van der Waals surface area contributed by atoms with E-state index in [1.54, 1.807) is 33.6 Å². The van der Waals surface area contributed by atoms with Crippen molar-refractivity contribution in [3.05, 3.63) is 244 Å². The third kappa shape index (κ3) is 14.3. The smallest absolute Gasteiger partial charge is 0.333 e. The van der Waals surface area contributed by atoms with Gasteiger partial charge in [0.1, 0.15) is 30.7 Å². The van der Waals surface area contributed by atoms with Gasteiger partial charge in [-0.15, -0.1) is 0 Å². The van der Waals surface area contributed by atoms with Crippen molar-refractivity contribution in [2.24, 2.45) is 0 Å². The van der Waals surface area contributed by atoms with Crippen LogP contribution in [0.2, 0.25) is 0 Å². The van der Waals surface area contributed by atoms with E-state index in [1.165, 1.54) is 74.2 Å². The third-order valence-electron chi connectivity index (χ3n) is 14.0. The number of fused-ring (bicyclic) bond motifs is 5. The minimum atomic E-state index is -0.359. The Labute approximate surface area is 455 Å². The number of rotatable bonds is 17. The van der Waals surface area contributed by atoms with Crippen LogP contribution >= 0.6 is 11.8 Å². The Hall–Kier alpha value is -7.01. The molecule has 0 saturated heterocycles. The summed E-state index contributed by atoms with van der Waals surface area (Å²) in [5.41, 5.74) is 18.5. The fraction of sp³-hybridized carbons (Fsp3) is 0.284. The number of esters is 1. The second kappa shape index (κ2) is 27.7. The molecule has 1 N–H and O–H groups in total. The number of methoxy groups -OCH3 is 2. The Balaban J connectivity index is 0.000000139. The second-order valence-electron chi connectivity index (χ2n) is 19.2. The minimum Gasteiger partial charge on any atom is -0.485 e. The van der Waals surface area contributed by atoms with E-state index < -0.39 is 0 Å². The summed E-state index contributed by atoms with van der Waals surface area (Å²) in [5, 5.41) is 3.68. The summed E-state index contributed by atoms with van der Waals surface area (Å²) < 4.78 is 27.2. The number of hydrogen-bond acceptors (Lipinski definition) is 8. The molecule has 0 fully saturated rings. The molecular weight excluding hydrogens is 963 g/mol. The molecule has 6 aromatic rings. The molecule has 0 aromatic heterocycles.